The van der Waals surface area contributed by atoms with Crippen LogP contribution in [0.15, 0.2) is 29.2 Å². The molecular weight excluding hydrogens is 389 g/mol. The van der Waals surface area contributed by atoms with Crippen molar-refractivity contribution in [2.75, 3.05) is 6.54 Å². The Balaban J connectivity index is 1.68. The van der Waals surface area contributed by atoms with E-state index in [2.05, 4.69) is 5.32 Å². The Morgan fingerprint density at radius 2 is 2.07 bits per heavy atom. The molecule has 2 aromatic rings. The van der Waals surface area contributed by atoms with E-state index in [1.54, 1.807) is 28.5 Å². The number of rotatable bonds is 3. The van der Waals surface area contributed by atoms with Crippen LogP contribution < -0.4 is 10.7 Å². The maximum Gasteiger partial charge on any atom is 0.274 e. The van der Waals surface area contributed by atoms with E-state index in [0.717, 1.165) is 24.8 Å². The Labute approximate surface area is 173 Å². The third-order valence-electron chi connectivity index (χ3n) is 6.12. The molecule has 2 amide bonds. The molecule has 7 nitrogen and oxygen atoms in total. The normalized spacial score (nSPS) is 20.5. The van der Waals surface area contributed by atoms with Gasteiger partial charge in [-0.25, -0.2) is 4.39 Å². The summed E-state index contributed by atoms with van der Waals surface area (Å²) in [5, 5.41) is 13.1. The van der Waals surface area contributed by atoms with Gasteiger partial charge >= 0.3 is 0 Å². The molecule has 2 aliphatic heterocycles. The van der Waals surface area contributed by atoms with E-state index in [1.807, 2.05) is 6.92 Å². The molecular formula is C22H24FN3O4. The number of aryl methyl sites for hydroxylation is 1. The van der Waals surface area contributed by atoms with E-state index in [9.17, 15) is 23.9 Å². The molecule has 1 saturated heterocycles. The minimum absolute atomic E-state index is 0.0638. The second-order valence-corrected chi connectivity index (χ2v) is 8.06. The van der Waals surface area contributed by atoms with Crippen molar-refractivity contribution in [2.24, 2.45) is 0 Å². The van der Waals surface area contributed by atoms with Gasteiger partial charge in [-0.3, -0.25) is 14.4 Å². The zero-order chi connectivity index (χ0) is 21.6. The van der Waals surface area contributed by atoms with E-state index in [0.29, 0.717) is 12.1 Å². The van der Waals surface area contributed by atoms with Gasteiger partial charge in [-0.05, 0) is 44.7 Å². The van der Waals surface area contributed by atoms with Crippen LogP contribution in [0.2, 0.25) is 0 Å². The molecule has 0 radical (unpaired) electrons. The average molecular weight is 413 g/mol. The van der Waals surface area contributed by atoms with Gasteiger partial charge in [0, 0.05) is 30.9 Å². The number of nitrogens with zero attached hydrogens (tertiary/aromatic N) is 2. The van der Waals surface area contributed by atoms with Crippen LogP contribution in [0.4, 0.5) is 4.39 Å². The molecule has 3 heterocycles. The molecule has 1 aromatic carbocycles. The molecule has 8 heteroatoms. The fourth-order valence-electron chi connectivity index (χ4n) is 4.40. The Hall–Kier alpha value is -3.16. The number of nitrogens with one attached hydrogen (secondary N) is 1. The molecule has 0 saturated carbocycles. The van der Waals surface area contributed by atoms with Crippen molar-refractivity contribution in [3.8, 4) is 5.75 Å². The van der Waals surface area contributed by atoms with Crippen molar-refractivity contribution in [1.29, 1.82) is 0 Å². The van der Waals surface area contributed by atoms with Crippen LogP contribution in [-0.2, 0) is 6.54 Å². The number of halogens is 1. The summed E-state index contributed by atoms with van der Waals surface area (Å²) < 4.78 is 15.6. The van der Waals surface area contributed by atoms with Gasteiger partial charge in [0.25, 0.3) is 11.8 Å². The summed E-state index contributed by atoms with van der Waals surface area (Å²) in [5.41, 5.74) is -0.173. The van der Waals surface area contributed by atoms with Gasteiger partial charge < -0.3 is 19.9 Å². The topological polar surface area (TPSA) is 91.6 Å². The first-order chi connectivity index (χ1) is 14.3. The fraction of sp³-hybridized carbons (Fsp3) is 0.409. The summed E-state index contributed by atoms with van der Waals surface area (Å²) in [6, 6.07) is 4.43. The molecule has 0 spiro atoms. The lowest BCUT2D eigenvalue weighted by Gasteiger charge is -2.40. The first-order valence-electron chi connectivity index (χ1n) is 10.1. The van der Waals surface area contributed by atoms with E-state index < -0.39 is 28.8 Å². The largest absolute Gasteiger partial charge is 0.503 e. The summed E-state index contributed by atoms with van der Waals surface area (Å²) in [6.45, 7) is 4.18. The number of aromatic hydroxyl groups is 1. The lowest BCUT2D eigenvalue weighted by atomic mass is 9.99. The number of carbonyl (C=O) groups excluding carboxylic acids is 2. The zero-order valence-corrected chi connectivity index (χ0v) is 16.9. The Bertz CT molecular complexity index is 1090. The lowest BCUT2D eigenvalue weighted by molar-refractivity contribution is 0.0565. The van der Waals surface area contributed by atoms with Crippen LogP contribution in [0, 0.1) is 12.7 Å². The van der Waals surface area contributed by atoms with Crippen LogP contribution in [0.3, 0.4) is 0 Å². The monoisotopic (exact) mass is 413 g/mol. The SMILES string of the molecule is Cc1ccc(CNC(=O)c2cn3c(c(O)c2=O)C(=O)N2CCCC[C@@H]3[C@@H]2C)c(F)c1. The number of hydrogen-bond acceptors (Lipinski definition) is 4. The number of aromatic nitrogens is 1. The van der Waals surface area contributed by atoms with Gasteiger partial charge in [0.15, 0.2) is 11.4 Å². The quantitative estimate of drug-likeness (QED) is 0.809. The minimum Gasteiger partial charge on any atom is -0.503 e. The molecule has 1 aromatic heterocycles. The molecule has 2 bridgehead atoms. The second kappa shape index (κ2) is 7.59. The van der Waals surface area contributed by atoms with Crippen LogP contribution >= 0.6 is 0 Å². The van der Waals surface area contributed by atoms with Gasteiger partial charge in [-0.1, -0.05) is 12.1 Å². The summed E-state index contributed by atoms with van der Waals surface area (Å²) in [6.07, 6.45) is 3.89. The number of benzene rings is 1. The van der Waals surface area contributed by atoms with Crippen molar-refractivity contribution >= 4 is 11.8 Å². The molecule has 158 valence electrons. The van der Waals surface area contributed by atoms with Crippen LogP contribution in [0.5, 0.6) is 5.75 Å². The highest BCUT2D eigenvalue weighted by Gasteiger charge is 2.40. The number of fused-ring (bicyclic) bond motifs is 4. The Morgan fingerprint density at radius 1 is 1.30 bits per heavy atom. The smallest absolute Gasteiger partial charge is 0.274 e. The highest BCUT2D eigenvalue weighted by molar-refractivity contribution is 5.99. The van der Waals surface area contributed by atoms with Crippen molar-refractivity contribution in [3.05, 3.63) is 62.8 Å². The van der Waals surface area contributed by atoms with Gasteiger partial charge in [0.2, 0.25) is 5.43 Å². The summed E-state index contributed by atoms with van der Waals surface area (Å²) in [5.74, 6) is -2.28. The molecule has 2 atom stereocenters. The van der Waals surface area contributed by atoms with Crippen molar-refractivity contribution < 1.29 is 19.1 Å². The standard InChI is InChI=1S/C22H24FN3O4/c1-12-6-7-14(16(23)9-12)10-24-21(29)15-11-26-17-5-3-4-8-25(13(17)2)22(30)18(26)20(28)19(15)27/h6-7,9,11,13,17,28H,3-5,8,10H2,1-2H3,(H,24,29)/t13-,17+/m0/s1. The van der Waals surface area contributed by atoms with Crippen molar-refractivity contribution in [3.63, 3.8) is 0 Å². The maximum absolute atomic E-state index is 14.0. The Kier molecular flexibility index (Phi) is 5.09. The number of pyridine rings is 1. The van der Waals surface area contributed by atoms with Gasteiger partial charge in [0.05, 0.1) is 6.04 Å². The predicted molar refractivity (Wildman–Crippen MR) is 108 cm³/mol. The second-order valence-electron chi connectivity index (χ2n) is 8.06. The summed E-state index contributed by atoms with van der Waals surface area (Å²) >= 11 is 0. The highest BCUT2D eigenvalue weighted by atomic mass is 19.1. The summed E-state index contributed by atoms with van der Waals surface area (Å²) in [7, 11) is 0. The van der Waals surface area contributed by atoms with Crippen molar-refractivity contribution in [1.82, 2.24) is 14.8 Å². The van der Waals surface area contributed by atoms with E-state index in [1.165, 1.54) is 12.3 Å². The first kappa shape index (κ1) is 20.1. The molecule has 4 rings (SSSR count). The maximum atomic E-state index is 14.0. The third-order valence-corrected chi connectivity index (χ3v) is 6.12. The molecule has 2 N–H and O–H groups in total. The van der Waals surface area contributed by atoms with Gasteiger partial charge in [-0.2, -0.15) is 0 Å². The van der Waals surface area contributed by atoms with Gasteiger partial charge in [0.1, 0.15) is 11.4 Å². The molecule has 2 aliphatic rings. The fourth-order valence-corrected chi connectivity index (χ4v) is 4.40. The lowest BCUT2D eigenvalue weighted by Crippen LogP contribution is -2.49. The molecule has 0 unspecified atom stereocenters. The summed E-state index contributed by atoms with van der Waals surface area (Å²) in [4.78, 5) is 39.9. The molecule has 0 aliphatic carbocycles. The zero-order valence-electron chi connectivity index (χ0n) is 16.9. The number of hydrogen-bond donors (Lipinski definition) is 2. The minimum atomic E-state index is -0.899. The van der Waals surface area contributed by atoms with Crippen molar-refractivity contribution in [2.45, 2.75) is 51.7 Å². The van der Waals surface area contributed by atoms with Gasteiger partial charge in [-0.15, -0.1) is 0 Å². The molecule has 30 heavy (non-hydrogen) atoms. The number of amides is 2. The van der Waals surface area contributed by atoms with E-state index in [4.69, 9.17) is 0 Å². The first-order valence-corrected chi connectivity index (χ1v) is 10.1. The van der Waals surface area contributed by atoms with Crippen LogP contribution in [-0.4, -0.2) is 39.0 Å². The van der Waals surface area contributed by atoms with E-state index in [-0.39, 0.29) is 29.9 Å². The van der Waals surface area contributed by atoms with Crippen LogP contribution in [0.25, 0.3) is 0 Å². The third kappa shape index (κ3) is 3.26. The Morgan fingerprint density at radius 3 is 2.80 bits per heavy atom. The van der Waals surface area contributed by atoms with Crippen LogP contribution in [0.1, 0.15) is 64.2 Å². The van der Waals surface area contributed by atoms with E-state index >= 15 is 0 Å². The average Bonchev–Trinajstić information content (AvgIpc) is 2.85. The number of carbonyl (C=O) groups is 2. The highest BCUT2D eigenvalue weighted by Crippen LogP contribution is 2.36. The predicted octanol–water partition coefficient (Wildman–Crippen LogP) is 2.50. The molecule has 1 fully saturated rings.